The molecule has 0 aliphatic carbocycles. The van der Waals surface area contributed by atoms with Gasteiger partial charge in [0.1, 0.15) is 0 Å². The molecule has 5 heteroatoms. The average Bonchev–Trinajstić information content (AvgIpc) is 2.53. The highest BCUT2D eigenvalue weighted by atomic mass is 16.6. The van der Waals surface area contributed by atoms with E-state index in [2.05, 4.69) is 11.9 Å². The van der Waals surface area contributed by atoms with Crippen LogP contribution in [-0.2, 0) is 0 Å². The standard InChI is InChI=1S/C17H28N2O3/c1-2-3-4-5-6-7-8-9-10-11-15-22-17-16(19(20)21)13-12-14-18-17/h12-14H,2-11,15H2,1H3. The van der Waals surface area contributed by atoms with Crippen LogP contribution >= 0.6 is 0 Å². The first kappa shape index (κ1) is 18.4. The molecular formula is C17H28N2O3. The number of aromatic nitrogens is 1. The Bertz CT molecular complexity index is 424. The van der Waals surface area contributed by atoms with Gasteiger partial charge in [0.15, 0.2) is 0 Å². The molecular weight excluding hydrogens is 280 g/mol. The molecule has 0 unspecified atom stereocenters. The van der Waals surface area contributed by atoms with E-state index in [1.54, 1.807) is 6.07 Å². The fourth-order valence-corrected chi connectivity index (χ4v) is 2.39. The topological polar surface area (TPSA) is 65.3 Å². The summed E-state index contributed by atoms with van der Waals surface area (Å²) in [5, 5.41) is 10.8. The monoisotopic (exact) mass is 308 g/mol. The van der Waals surface area contributed by atoms with E-state index in [0.717, 1.165) is 12.8 Å². The molecule has 0 aromatic carbocycles. The Hall–Kier alpha value is -1.65. The lowest BCUT2D eigenvalue weighted by molar-refractivity contribution is -0.386. The molecule has 0 N–H and O–H groups in total. The molecule has 0 atom stereocenters. The van der Waals surface area contributed by atoms with Crippen LogP contribution in [0.5, 0.6) is 5.88 Å². The molecule has 0 amide bonds. The lowest BCUT2D eigenvalue weighted by Gasteiger charge is -2.05. The Morgan fingerprint density at radius 1 is 1.05 bits per heavy atom. The summed E-state index contributed by atoms with van der Waals surface area (Å²) in [6.07, 6.45) is 14.1. The van der Waals surface area contributed by atoms with Crippen molar-refractivity contribution < 1.29 is 9.66 Å². The van der Waals surface area contributed by atoms with E-state index in [4.69, 9.17) is 4.74 Å². The fraction of sp³-hybridized carbons (Fsp3) is 0.706. The Kier molecular flexibility index (Phi) is 9.99. The lowest BCUT2D eigenvalue weighted by atomic mass is 10.1. The summed E-state index contributed by atoms with van der Waals surface area (Å²) in [4.78, 5) is 14.3. The first-order valence-electron chi connectivity index (χ1n) is 8.48. The van der Waals surface area contributed by atoms with Gasteiger partial charge in [-0.25, -0.2) is 4.98 Å². The number of nitro groups is 1. The molecule has 0 spiro atoms. The smallest absolute Gasteiger partial charge is 0.330 e. The van der Waals surface area contributed by atoms with E-state index in [-0.39, 0.29) is 11.6 Å². The van der Waals surface area contributed by atoms with Crippen molar-refractivity contribution in [1.29, 1.82) is 0 Å². The summed E-state index contributed by atoms with van der Waals surface area (Å²) in [5.74, 6) is 0.128. The lowest BCUT2D eigenvalue weighted by Crippen LogP contribution is -2.02. The fourth-order valence-electron chi connectivity index (χ4n) is 2.39. The van der Waals surface area contributed by atoms with Crippen LogP contribution in [0.3, 0.4) is 0 Å². The minimum Gasteiger partial charge on any atom is -0.473 e. The first-order valence-corrected chi connectivity index (χ1v) is 8.48. The molecule has 5 nitrogen and oxygen atoms in total. The highest BCUT2D eigenvalue weighted by Crippen LogP contribution is 2.23. The van der Waals surface area contributed by atoms with Gasteiger partial charge in [-0.3, -0.25) is 10.1 Å². The van der Waals surface area contributed by atoms with Crippen molar-refractivity contribution in [3.05, 3.63) is 28.4 Å². The maximum Gasteiger partial charge on any atom is 0.330 e. The second-order valence-corrected chi connectivity index (χ2v) is 5.62. The van der Waals surface area contributed by atoms with Crippen LogP contribution in [-0.4, -0.2) is 16.5 Å². The van der Waals surface area contributed by atoms with E-state index in [1.165, 1.54) is 63.6 Å². The normalized spacial score (nSPS) is 10.6. The maximum absolute atomic E-state index is 10.8. The maximum atomic E-state index is 10.8. The van der Waals surface area contributed by atoms with Crippen LogP contribution in [0.25, 0.3) is 0 Å². The molecule has 22 heavy (non-hydrogen) atoms. The number of unbranched alkanes of at least 4 members (excludes halogenated alkanes) is 9. The van der Waals surface area contributed by atoms with Gasteiger partial charge < -0.3 is 4.74 Å². The highest BCUT2D eigenvalue weighted by molar-refractivity contribution is 5.39. The zero-order valence-corrected chi connectivity index (χ0v) is 13.6. The number of hydrogen-bond donors (Lipinski definition) is 0. The Morgan fingerprint density at radius 3 is 2.23 bits per heavy atom. The molecule has 1 aromatic rings. The number of ether oxygens (including phenoxy) is 1. The molecule has 1 aromatic heterocycles. The zero-order valence-electron chi connectivity index (χ0n) is 13.6. The van der Waals surface area contributed by atoms with Crippen molar-refractivity contribution in [3.8, 4) is 5.88 Å². The molecule has 124 valence electrons. The van der Waals surface area contributed by atoms with Crippen LogP contribution in [0, 0.1) is 10.1 Å². The Morgan fingerprint density at radius 2 is 1.64 bits per heavy atom. The number of nitrogens with zero attached hydrogens (tertiary/aromatic N) is 2. The summed E-state index contributed by atoms with van der Waals surface area (Å²) in [6, 6.07) is 2.96. The molecule has 0 aliphatic rings. The van der Waals surface area contributed by atoms with Gasteiger partial charge in [0.25, 0.3) is 5.88 Å². The SMILES string of the molecule is CCCCCCCCCCCCOc1ncccc1[N+](=O)[O-]. The predicted octanol–water partition coefficient (Wildman–Crippen LogP) is 5.29. The van der Waals surface area contributed by atoms with E-state index >= 15 is 0 Å². The molecule has 0 bridgehead atoms. The quantitative estimate of drug-likeness (QED) is 0.282. The van der Waals surface area contributed by atoms with Crippen molar-refractivity contribution in [2.24, 2.45) is 0 Å². The number of pyridine rings is 1. The first-order chi connectivity index (χ1) is 10.8. The van der Waals surface area contributed by atoms with Crippen molar-refractivity contribution in [2.45, 2.75) is 71.1 Å². The third-order valence-electron chi connectivity index (χ3n) is 3.68. The summed E-state index contributed by atoms with van der Waals surface area (Å²) >= 11 is 0. The van der Waals surface area contributed by atoms with Crippen LogP contribution in [0.1, 0.15) is 71.1 Å². The predicted molar refractivity (Wildman–Crippen MR) is 88.2 cm³/mol. The van der Waals surface area contributed by atoms with Crippen LogP contribution in [0.4, 0.5) is 5.69 Å². The number of rotatable bonds is 13. The van der Waals surface area contributed by atoms with E-state index in [0.29, 0.717) is 6.61 Å². The minimum atomic E-state index is -0.457. The van der Waals surface area contributed by atoms with Crippen LogP contribution in [0.2, 0.25) is 0 Å². The third kappa shape index (κ3) is 7.96. The number of hydrogen-bond acceptors (Lipinski definition) is 4. The van der Waals surface area contributed by atoms with Gasteiger partial charge in [0, 0.05) is 12.3 Å². The van der Waals surface area contributed by atoms with Crippen molar-refractivity contribution in [1.82, 2.24) is 4.98 Å². The second-order valence-electron chi connectivity index (χ2n) is 5.62. The second kappa shape index (κ2) is 12.0. The Balaban J connectivity index is 2.01. The Labute approximate surface area is 133 Å². The molecule has 0 radical (unpaired) electrons. The summed E-state index contributed by atoms with van der Waals surface area (Å²) in [6.45, 7) is 2.73. The molecule has 0 saturated carbocycles. The summed E-state index contributed by atoms with van der Waals surface area (Å²) < 4.78 is 5.42. The average molecular weight is 308 g/mol. The largest absolute Gasteiger partial charge is 0.473 e. The summed E-state index contributed by atoms with van der Waals surface area (Å²) in [5.41, 5.74) is -0.0606. The van der Waals surface area contributed by atoms with E-state index in [1.807, 2.05) is 0 Å². The van der Waals surface area contributed by atoms with E-state index in [9.17, 15) is 10.1 Å². The van der Waals surface area contributed by atoms with Gasteiger partial charge >= 0.3 is 5.69 Å². The minimum absolute atomic E-state index is 0.0606. The van der Waals surface area contributed by atoms with Gasteiger partial charge in [-0.15, -0.1) is 0 Å². The van der Waals surface area contributed by atoms with Crippen LogP contribution < -0.4 is 4.74 Å². The van der Waals surface area contributed by atoms with Crippen LogP contribution in [0.15, 0.2) is 18.3 Å². The summed E-state index contributed by atoms with van der Waals surface area (Å²) in [7, 11) is 0. The highest BCUT2D eigenvalue weighted by Gasteiger charge is 2.14. The third-order valence-corrected chi connectivity index (χ3v) is 3.68. The van der Waals surface area contributed by atoms with Crippen molar-refractivity contribution in [2.75, 3.05) is 6.61 Å². The molecule has 0 saturated heterocycles. The molecule has 0 aliphatic heterocycles. The molecule has 1 heterocycles. The van der Waals surface area contributed by atoms with Gasteiger partial charge in [-0.1, -0.05) is 64.7 Å². The zero-order chi connectivity index (χ0) is 16.0. The van der Waals surface area contributed by atoms with Gasteiger partial charge in [-0.05, 0) is 12.5 Å². The van der Waals surface area contributed by atoms with E-state index < -0.39 is 4.92 Å². The van der Waals surface area contributed by atoms with Gasteiger partial charge in [0.2, 0.25) is 0 Å². The van der Waals surface area contributed by atoms with Crippen molar-refractivity contribution in [3.63, 3.8) is 0 Å². The molecule has 1 rings (SSSR count). The van der Waals surface area contributed by atoms with Gasteiger partial charge in [0.05, 0.1) is 11.5 Å². The van der Waals surface area contributed by atoms with Gasteiger partial charge in [-0.2, -0.15) is 0 Å². The molecule has 0 fully saturated rings. The van der Waals surface area contributed by atoms with Crippen molar-refractivity contribution >= 4 is 5.69 Å².